The molecule has 1 aromatic carbocycles. The molecule has 0 radical (unpaired) electrons. The summed E-state index contributed by atoms with van der Waals surface area (Å²) >= 11 is 0. The molecule has 2 aromatic heterocycles. The van der Waals surface area contributed by atoms with Crippen LogP contribution in [-0.2, 0) is 6.54 Å². The van der Waals surface area contributed by atoms with Gasteiger partial charge in [-0.25, -0.2) is 0 Å². The van der Waals surface area contributed by atoms with E-state index in [0.717, 1.165) is 30.6 Å². The molecule has 2 atom stereocenters. The van der Waals surface area contributed by atoms with E-state index in [1.165, 1.54) is 12.3 Å². The number of carbonyl (C=O) groups is 1. The number of alkyl halides is 3. The number of aromatic amines is 1. The van der Waals surface area contributed by atoms with E-state index in [4.69, 9.17) is 0 Å². The van der Waals surface area contributed by atoms with E-state index >= 15 is 0 Å². The van der Waals surface area contributed by atoms with Gasteiger partial charge in [-0.2, -0.15) is 23.5 Å². The number of amides is 1. The quantitative estimate of drug-likeness (QED) is 0.593. The summed E-state index contributed by atoms with van der Waals surface area (Å²) in [5.41, 5.74) is 1.45. The number of benzene rings is 1. The molecule has 1 fully saturated rings. The maximum Gasteiger partial charge on any atom is 0.406 e. The van der Waals surface area contributed by atoms with Crippen molar-refractivity contribution < 1.29 is 18.0 Å². The molecule has 3 heterocycles. The van der Waals surface area contributed by atoms with E-state index in [1.807, 2.05) is 0 Å². The fourth-order valence-electron chi connectivity index (χ4n) is 4.93. The number of hydrogen-bond acceptors (Lipinski definition) is 5. The number of nitrogens with one attached hydrogen (secondary N) is 2. The highest BCUT2D eigenvalue weighted by atomic mass is 19.4. The normalized spacial score (nSPS) is 20.4. The van der Waals surface area contributed by atoms with Crippen LogP contribution in [0.5, 0.6) is 0 Å². The molecule has 1 amide bonds. The zero-order valence-corrected chi connectivity index (χ0v) is 18.0. The predicted octanol–water partition coefficient (Wildman–Crippen LogP) is 4.24. The summed E-state index contributed by atoms with van der Waals surface area (Å²) in [4.78, 5) is 28.4. The topological polar surface area (TPSA) is 107 Å². The van der Waals surface area contributed by atoms with Gasteiger partial charge in [0.25, 0.3) is 11.5 Å². The second-order valence-electron chi connectivity index (χ2n) is 8.72. The van der Waals surface area contributed by atoms with Gasteiger partial charge >= 0.3 is 6.18 Å². The molecular formula is C23H21F3N6O2. The number of hydrogen-bond donors (Lipinski definition) is 2. The van der Waals surface area contributed by atoms with E-state index in [0.29, 0.717) is 22.2 Å². The second-order valence-corrected chi connectivity index (χ2v) is 8.72. The molecule has 1 aliphatic carbocycles. The highest BCUT2D eigenvalue weighted by molar-refractivity contribution is 5.99. The number of pyridine rings is 1. The van der Waals surface area contributed by atoms with Crippen LogP contribution in [0.25, 0.3) is 10.9 Å². The van der Waals surface area contributed by atoms with Gasteiger partial charge in [0.05, 0.1) is 23.5 Å². The van der Waals surface area contributed by atoms with E-state index in [1.54, 1.807) is 22.9 Å². The Kier molecular flexibility index (Phi) is 5.31. The van der Waals surface area contributed by atoms with Gasteiger partial charge in [-0.3, -0.25) is 14.3 Å². The summed E-state index contributed by atoms with van der Waals surface area (Å²) in [6.45, 7) is -1.46. The van der Waals surface area contributed by atoms with Crippen LogP contribution in [0.4, 0.5) is 24.7 Å². The van der Waals surface area contributed by atoms with Gasteiger partial charge in [-0.15, -0.1) is 0 Å². The Labute approximate surface area is 192 Å². The summed E-state index contributed by atoms with van der Waals surface area (Å²) in [5.74, 6) is -0.588. The Bertz CT molecular complexity index is 1370. The number of fused-ring (bicyclic) bond motifs is 2. The predicted molar refractivity (Wildman–Crippen MR) is 117 cm³/mol. The third-order valence-electron chi connectivity index (χ3n) is 6.46. The lowest BCUT2D eigenvalue weighted by Gasteiger charge is -2.27. The number of rotatable bonds is 4. The molecule has 176 valence electrons. The van der Waals surface area contributed by atoms with Crippen LogP contribution in [0, 0.1) is 17.2 Å². The van der Waals surface area contributed by atoms with Crippen molar-refractivity contribution in [3.8, 4) is 6.07 Å². The highest BCUT2D eigenvalue weighted by Crippen LogP contribution is 2.37. The van der Waals surface area contributed by atoms with Crippen molar-refractivity contribution in [2.24, 2.45) is 5.92 Å². The number of aromatic nitrogens is 3. The SMILES string of the molecule is N#C[C@H]1CCCC[C@@H]1n1nc(Nc2ccc3c(c2)CN(CC(F)(F)F)C3=O)c2c(=O)[nH]ccc21. The van der Waals surface area contributed by atoms with Crippen molar-refractivity contribution in [3.05, 3.63) is 51.9 Å². The Morgan fingerprint density at radius 1 is 1.21 bits per heavy atom. The lowest BCUT2D eigenvalue weighted by Crippen LogP contribution is -2.34. The molecule has 0 unspecified atom stereocenters. The fourth-order valence-corrected chi connectivity index (χ4v) is 4.93. The number of H-pyrrole nitrogens is 1. The molecule has 8 nitrogen and oxygen atoms in total. The van der Waals surface area contributed by atoms with E-state index in [2.05, 4.69) is 21.5 Å². The lowest BCUT2D eigenvalue weighted by atomic mass is 9.85. The van der Waals surface area contributed by atoms with Gasteiger partial charge in [0.2, 0.25) is 0 Å². The smallest absolute Gasteiger partial charge is 0.338 e. The van der Waals surface area contributed by atoms with Crippen molar-refractivity contribution in [3.63, 3.8) is 0 Å². The van der Waals surface area contributed by atoms with Crippen LogP contribution in [0.3, 0.4) is 0 Å². The standard InChI is InChI=1S/C23H21F3N6O2/c24-23(25,26)12-31-11-14-9-15(5-6-16(14)22(31)34)29-20-19-18(7-8-28-21(19)33)32(30-20)17-4-2-1-3-13(17)10-27/h5-9,13,17H,1-4,11-12H2,(H,28,33)(H,29,30)/t13-,17+/m1/s1. The molecule has 1 aliphatic heterocycles. The average Bonchev–Trinajstić information content (AvgIpc) is 3.31. The summed E-state index contributed by atoms with van der Waals surface area (Å²) in [6.07, 6.45) is 0.528. The average molecular weight is 470 g/mol. The van der Waals surface area contributed by atoms with Crippen LogP contribution in [0.1, 0.15) is 47.6 Å². The number of anilines is 2. The molecule has 3 aromatic rings. The minimum Gasteiger partial charge on any atom is -0.338 e. The van der Waals surface area contributed by atoms with E-state index in [-0.39, 0.29) is 35.4 Å². The summed E-state index contributed by atoms with van der Waals surface area (Å²) in [7, 11) is 0. The molecule has 11 heteroatoms. The first kappa shape index (κ1) is 22.0. The molecular weight excluding hydrogens is 449 g/mol. The first-order valence-corrected chi connectivity index (χ1v) is 11.0. The van der Waals surface area contributed by atoms with Gasteiger partial charge in [0.15, 0.2) is 5.82 Å². The number of halogens is 3. The van der Waals surface area contributed by atoms with Crippen molar-refractivity contribution in [1.29, 1.82) is 5.26 Å². The Balaban J connectivity index is 1.49. The highest BCUT2D eigenvalue weighted by Gasteiger charge is 2.37. The molecule has 0 saturated heterocycles. The van der Waals surface area contributed by atoms with Gasteiger partial charge in [-0.05, 0) is 42.7 Å². The maximum atomic E-state index is 12.8. The van der Waals surface area contributed by atoms with Crippen molar-refractivity contribution in [2.75, 3.05) is 11.9 Å². The van der Waals surface area contributed by atoms with Gasteiger partial charge in [-0.1, -0.05) is 12.8 Å². The van der Waals surface area contributed by atoms with E-state index < -0.39 is 18.6 Å². The van der Waals surface area contributed by atoms with Crippen LogP contribution >= 0.6 is 0 Å². The number of carbonyl (C=O) groups excluding carboxylic acids is 1. The molecule has 34 heavy (non-hydrogen) atoms. The zero-order valence-electron chi connectivity index (χ0n) is 18.0. The first-order chi connectivity index (χ1) is 16.2. The number of nitrogens with zero attached hydrogens (tertiary/aromatic N) is 4. The molecule has 5 rings (SSSR count). The number of nitriles is 1. The van der Waals surface area contributed by atoms with Crippen molar-refractivity contribution in [1.82, 2.24) is 19.7 Å². The molecule has 2 N–H and O–H groups in total. The third kappa shape index (κ3) is 3.89. The zero-order chi connectivity index (χ0) is 24.0. The Hall–Kier alpha value is -3.81. The van der Waals surface area contributed by atoms with Crippen LogP contribution in [-0.4, -0.2) is 38.3 Å². The van der Waals surface area contributed by atoms with Crippen LogP contribution in [0.15, 0.2) is 35.3 Å². The lowest BCUT2D eigenvalue weighted by molar-refractivity contribution is -0.140. The van der Waals surface area contributed by atoms with E-state index in [9.17, 15) is 28.0 Å². The molecule has 2 aliphatic rings. The fraction of sp³-hybridized carbons (Fsp3) is 0.391. The van der Waals surface area contributed by atoms with Crippen molar-refractivity contribution >= 4 is 28.3 Å². The Morgan fingerprint density at radius 2 is 2.00 bits per heavy atom. The summed E-state index contributed by atoms with van der Waals surface area (Å²) in [5, 5.41) is 17.7. The summed E-state index contributed by atoms with van der Waals surface area (Å²) < 4.78 is 40.1. The maximum absolute atomic E-state index is 12.8. The minimum atomic E-state index is -4.48. The minimum absolute atomic E-state index is 0.148. The molecule has 0 bridgehead atoms. The van der Waals surface area contributed by atoms with Crippen LogP contribution < -0.4 is 10.9 Å². The monoisotopic (exact) mass is 470 g/mol. The van der Waals surface area contributed by atoms with Gasteiger partial charge in [0, 0.05) is 24.0 Å². The molecule has 0 spiro atoms. The largest absolute Gasteiger partial charge is 0.406 e. The van der Waals surface area contributed by atoms with Crippen LogP contribution in [0.2, 0.25) is 0 Å². The summed E-state index contributed by atoms with van der Waals surface area (Å²) in [6, 6.07) is 8.60. The van der Waals surface area contributed by atoms with Gasteiger partial charge in [0.1, 0.15) is 11.9 Å². The van der Waals surface area contributed by atoms with Gasteiger partial charge < -0.3 is 15.2 Å². The van der Waals surface area contributed by atoms with Crippen molar-refractivity contribution in [2.45, 2.75) is 44.4 Å². The third-order valence-corrected chi connectivity index (χ3v) is 6.46. The second kappa shape index (κ2) is 8.20. The first-order valence-electron chi connectivity index (χ1n) is 11.0. The molecule has 1 saturated carbocycles. The Morgan fingerprint density at radius 3 is 2.76 bits per heavy atom.